The number of ether oxygens (including phenoxy) is 1. The maximum Gasteiger partial charge on any atom is 0.373 e. The summed E-state index contributed by atoms with van der Waals surface area (Å²) in [6, 6.07) is 12.7. The van der Waals surface area contributed by atoms with Crippen LogP contribution in [-0.4, -0.2) is 78.9 Å². The molecule has 8 nitrogen and oxygen atoms in total. The number of hydrogen-bond acceptors (Lipinski definition) is 6. The maximum absolute atomic E-state index is 13.2. The minimum absolute atomic E-state index is 0.0240. The first-order valence-corrected chi connectivity index (χ1v) is 11.6. The Morgan fingerprint density at radius 1 is 0.909 bits per heavy atom. The Morgan fingerprint density at radius 2 is 1.67 bits per heavy atom. The summed E-state index contributed by atoms with van der Waals surface area (Å²) in [6.45, 7) is 4.86. The van der Waals surface area contributed by atoms with Gasteiger partial charge < -0.3 is 19.0 Å². The van der Waals surface area contributed by atoms with Crippen molar-refractivity contribution in [2.75, 3.05) is 46.4 Å². The quantitative estimate of drug-likeness (QED) is 0.648. The van der Waals surface area contributed by atoms with Crippen molar-refractivity contribution in [1.82, 2.24) is 14.7 Å². The van der Waals surface area contributed by atoms with Crippen LogP contribution in [-0.2, 0) is 16.1 Å². The summed E-state index contributed by atoms with van der Waals surface area (Å²) in [6.07, 6.45) is 2.31. The summed E-state index contributed by atoms with van der Waals surface area (Å²) in [5, 5.41) is 0. The summed E-state index contributed by atoms with van der Waals surface area (Å²) < 4.78 is 10.3. The minimum Gasteiger partial charge on any atom is -0.463 e. The van der Waals surface area contributed by atoms with E-state index in [0.29, 0.717) is 50.3 Å². The topological polar surface area (TPSA) is 83.3 Å². The molecule has 8 heteroatoms. The molecule has 0 atom stereocenters. The van der Waals surface area contributed by atoms with E-state index in [2.05, 4.69) is 9.64 Å². The Balaban J connectivity index is 1.25. The highest BCUT2D eigenvalue weighted by Crippen LogP contribution is 2.22. The van der Waals surface area contributed by atoms with Gasteiger partial charge in [-0.1, -0.05) is 18.2 Å². The molecular formula is C25H31N3O5. The largest absolute Gasteiger partial charge is 0.463 e. The van der Waals surface area contributed by atoms with Gasteiger partial charge in [0.2, 0.25) is 11.7 Å². The van der Waals surface area contributed by atoms with Gasteiger partial charge in [0.05, 0.1) is 13.7 Å². The lowest BCUT2D eigenvalue weighted by Gasteiger charge is -2.34. The Kier molecular flexibility index (Phi) is 7.44. The lowest BCUT2D eigenvalue weighted by molar-refractivity contribution is -0.136. The van der Waals surface area contributed by atoms with Crippen molar-refractivity contribution in [2.45, 2.75) is 25.8 Å². The van der Waals surface area contributed by atoms with Crippen LogP contribution >= 0.6 is 0 Å². The van der Waals surface area contributed by atoms with Crippen LogP contribution in [0.2, 0.25) is 0 Å². The fourth-order valence-electron chi connectivity index (χ4n) is 4.59. The Bertz CT molecular complexity index is 965. The first-order chi connectivity index (χ1) is 16.0. The molecule has 0 spiro atoms. The molecule has 2 saturated heterocycles. The third kappa shape index (κ3) is 5.63. The van der Waals surface area contributed by atoms with Gasteiger partial charge in [-0.05, 0) is 43.5 Å². The van der Waals surface area contributed by atoms with Gasteiger partial charge in [-0.2, -0.15) is 0 Å². The molecule has 0 unspecified atom stereocenters. The van der Waals surface area contributed by atoms with Gasteiger partial charge in [0.25, 0.3) is 5.91 Å². The second-order valence-electron chi connectivity index (χ2n) is 8.65. The van der Waals surface area contributed by atoms with Crippen molar-refractivity contribution in [3.05, 3.63) is 59.5 Å². The summed E-state index contributed by atoms with van der Waals surface area (Å²) >= 11 is 0. The van der Waals surface area contributed by atoms with Crippen LogP contribution in [0.15, 0.2) is 46.9 Å². The number of likely N-dealkylation sites (tertiary alicyclic amines) is 1. The predicted octanol–water partition coefficient (Wildman–Crippen LogP) is 2.65. The molecule has 176 valence electrons. The smallest absolute Gasteiger partial charge is 0.373 e. The van der Waals surface area contributed by atoms with Gasteiger partial charge in [0.1, 0.15) is 5.76 Å². The number of esters is 1. The number of furan rings is 1. The van der Waals surface area contributed by atoms with E-state index >= 15 is 0 Å². The average Bonchev–Trinajstić information content (AvgIpc) is 3.21. The van der Waals surface area contributed by atoms with Gasteiger partial charge in [-0.3, -0.25) is 14.5 Å². The normalized spacial score (nSPS) is 18.1. The minimum atomic E-state index is -0.481. The van der Waals surface area contributed by atoms with Crippen molar-refractivity contribution in [1.29, 1.82) is 0 Å². The van der Waals surface area contributed by atoms with Crippen LogP contribution < -0.4 is 0 Å². The molecule has 2 aliphatic rings. The van der Waals surface area contributed by atoms with Crippen molar-refractivity contribution < 1.29 is 23.5 Å². The third-order valence-electron chi connectivity index (χ3n) is 6.48. The SMILES string of the molecule is COC(=O)c1ccc(CN2CCCN(C(=O)C3CCN(C(=O)c4ccccc4)CC3)CC2)o1. The highest BCUT2D eigenvalue weighted by molar-refractivity contribution is 5.94. The summed E-state index contributed by atoms with van der Waals surface area (Å²) in [7, 11) is 1.33. The number of nitrogens with zero attached hydrogens (tertiary/aromatic N) is 3. The van der Waals surface area contributed by atoms with E-state index in [4.69, 9.17) is 4.42 Å². The number of rotatable bonds is 5. The van der Waals surface area contributed by atoms with Crippen molar-refractivity contribution >= 4 is 17.8 Å². The van der Waals surface area contributed by atoms with Crippen LogP contribution in [0.5, 0.6) is 0 Å². The molecule has 1 aromatic carbocycles. The molecule has 0 N–H and O–H groups in total. The number of methoxy groups -OCH3 is 1. The Labute approximate surface area is 194 Å². The van der Waals surface area contributed by atoms with E-state index in [-0.39, 0.29) is 23.5 Å². The molecule has 33 heavy (non-hydrogen) atoms. The van der Waals surface area contributed by atoms with E-state index in [1.165, 1.54) is 7.11 Å². The third-order valence-corrected chi connectivity index (χ3v) is 6.48. The monoisotopic (exact) mass is 453 g/mol. The first kappa shape index (κ1) is 23.0. The molecule has 0 saturated carbocycles. The van der Waals surface area contributed by atoms with E-state index in [1.807, 2.05) is 40.1 Å². The van der Waals surface area contributed by atoms with Crippen LogP contribution in [0.4, 0.5) is 0 Å². The van der Waals surface area contributed by atoms with E-state index in [0.717, 1.165) is 26.1 Å². The highest BCUT2D eigenvalue weighted by Gasteiger charge is 2.31. The van der Waals surface area contributed by atoms with Crippen LogP contribution in [0, 0.1) is 5.92 Å². The number of benzene rings is 1. The highest BCUT2D eigenvalue weighted by atomic mass is 16.5. The summed E-state index contributed by atoms with van der Waals surface area (Å²) in [5.74, 6) is 0.658. The number of carbonyl (C=O) groups is 3. The molecule has 1 aromatic heterocycles. The number of amides is 2. The average molecular weight is 454 g/mol. The molecule has 4 rings (SSSR count). The van der Waals surface area contributed by atoms with E-state index in [1.54, 1.807) is 12.1 Å². The van der Waals surface area contributed by atoms with Crippen LogP contribution in [0.25, 0.3) is 0 Å². The fraction of sp³-hybridized carbons (Fsp3) is 0.480. The van der Waals surface area contributed by atoms with Crippen molar-refractivity contribution in [3.8, 4) is 0 Å². The van der Waals surface area contributed by atoms with E-state index in [9.17, 15) is 14.4 Å². The lowest BCUT2D eigenvalue weighted by Crippen LogP contribution is -2.45. The summed E-state index contributed by atoms with van der Waals surface area (Å²) in [4.78, 5) is 43.5. The molecule has 2 amide bonds. The van der Waals surface area contributed by atoms with Gasteiger partial charge >= 0.3 is 5.97 Å². The number of hydrogen-bond donors (Lipinski definition) is 0. The summed E-state index contributed by atoms with van der Waals surface area (Å²) in [5.41, 5.74) is 0.699. The van der Waals surface area contributed by atoms with Crippen molar-refractivity contribution in [2.24, 2.45) is 5.92 Å². The molecular weight excluding hydrogens is 422 g/mol. The molecule has 0 aliphatic carbocycles. The van der Waals surface area contributed by atoms with Crippen molar-refractivity contribution in [3.63, 3.8) is 0 Å². The Hall–Kier alpha value is -3.13. The van der Waals surface area contributed by atoms with E-state index < -0.39 is 5.97 Å². The zero-order valence-electron chi connectivity index (χ0n) is 19.1. The molecule has 0 bridgehead atoms. The second-order valence-corrected chi connectivity index (χ2v) is 8.65. The number of carbonyl (C=O) groups excluding carboxylic acids is 3. The molecule has 0 radical (unpaired) electrons. The zero-order valence-corrected chi connectivity index (χ0v) is 19.1. The second kappa shape index (κ2) is 10.7. The maximum atomic E-state index is 13.2. The van der Waals surface area contributed by atoms with Crippen LogP contribution in [0.1, 0.15) is 45.9 Å². The molecule has 3 heterocycles. The zero-order chi connectivity index (χ0) is 23.2. The standard InChI is InChI=1S/C25H31N3O5/c1-32-25(31)22-9-8-21(33-22)18-26-12-5-13-27(17-16-26)24(30)20-10-14-28(15-11-20)23(29)19-6-3-2-4-7-19/h2-4,6-9,20H,5,10-18H2,1H3. The van der Waals surface area contributed by atoms with Gasteiger partial charge in [-0.25, -0.2) is 4.79 Å². The number of piperidine rings is 1. The van der Waals surface area contributed by atoms with Gasteiger partial charge in [0.15, 0.2) is 0 Å². The van der Waals surface area contributed by atoms with Crippen LogP contribution in [0.3, 0.4) is 0 Å². The fourth-order valence-corrected chi connectivity index (χ4v) is 4.59. The predicted molar refractivity (Wildman–Crippen MR) is 122 cm³/mol. The van der Waals surface area contributed by atoms with Gasteiger partial charge in [0, 0.05) is 50.7 Å². The molecule has 2 aliphatic heterocycles. The lowest BCUT2D eigenvalue weighted by atomic mass is 9.94. The van der Waals surface area contributed by atoms with Gasteiger partial charge in [-0.15, -0.1) is 0 Å². The Morgan fingerprint density at radius 3 is 2.39 bits per heavy atom. The molecule has 2 aromatic rings. The first-order valence-electron chi connectivity index (χ1n) is 11.6. The molecule has 2 fully saturated rings.